The summed E-state index contributed by atoms with van der Waals surface area (Å²) in [4.78, 5) is 10.1. The van der Waals surface area contributed by atoms with Crippen LogP contribution in [0.2, 0.25) is 0 Å². The number of nitrogens with zero attached hydrogens (tertiary/aromatic N) is 2. The van der Waals surface area contributed by atoms with Crippen LogP contribution < -0.4 is 19.5 Å². The molecule has 0 saturated heterocycles. The van der Waals surface area contributed by atoms with Gasteiger partial charge >= 0.3 is 0 Å². The van der Waals surface area contributed by atoms with Crippen LogP contribution in [0.25, 0.3) is 10.9 Å². The Morgan fingerprint density at radius 1 is 1.00 bits per heavy atom. The Balaban J connectivity index is 1.60. The topological polar surface area (TPSA) is 71.6 Å². The number of aryl methyl sites for hydroxylation is 1. The van der Waals surface area contributed by atoms with E-state index in [4.69, 9.17) is 26.4 Å². The molecule has 7 nitrogen and oxygen atoms in total. The van der Waals surface area contributed by atoms with Gasteiger partial charge in [0.1, 0.15) is 17.2 Å². The van der Waals surface area contributed by atoms with Gasteiger partial charge in [0.2, 0.25) is 0 Å². The molecule has 2 N–H and O–H groups in total. The number of aromatic amines is 1. The first-order valence-electron chi connectivity index (χ1n) is 11.4. The standard InChI is InChI=1S/C27H30N4O3S/c1-18-22(23-15-20(32-2)8-10-24(23)29-18)12-14-31(17-19-7-5-6-13-28-19)27(35)30-25-16-21(33-3)9-11-26(25)34-4/h5-11,13,15-16,29H,12,14,17H2,1-4H3,(H,30,35). The fourth-order valence-electron chi connectivity index (χ4n) is 4.10. The van der Waals surface area contributed by atoms with Gasteiger partial charge in [-0.15, -0.1) is 0 Å². The molecule has 0 amide bonds. The number of fused-ring (bicyclic) bond motifs is 1. The van der Waals surface area contributed by atoms with Crippen molar-refractivity contribution in [2.75, 3.05) is 33.2 Å². The van der Waals surface area contributed by atoms with Gasteiger partial charge in [-0.25, -0.2) is 0 Å². The molecule has 8 heteroatoms. The van der Waals surface area contributed by atoms with E-state index in [0.717, 1.165) is 45.9 Å². The Kier molecular flexibility index (Phi) is 7.72. The van der Waals surface area contributed by atoms with Crippen LogP contribution in [0.3, 0.4) is 0 Å². The summed E-state index contributed by atoms with van der Waals surface area (Å²) < 4.78 is 16.4. The number of nitrogens with one attached hydrogen (secondary N) is 2. The molecule has 0 aliphatic heterocycles. The second-order valence-corrected chi connectivity index (χ2v) is 8.52. The minimum Gasteiger partial charge on any atom is -0.497 e. The highest BCUT2D eigenvalue weighted by molar-refractivity contribution is 7.80. The number of rotatable bonds is 9. The largest absolute Gasteiger partial charge is 0.497 e. The Labute approximate surface area is 211 Å². The molecule has 0 unspecified atom stereocenters. The molecule has 0 spiro atoms. The Morgan fingerprint density at radius 2 is 1.77 bits per heavy atom. The molecule has 4 aromatic rings. The first-order valence-corrected chi connectivity index (χ1v) is 11.8. The van der Waals surface area contributed by atoms with E-state index in [1.807, 2.05) is 42.5 Å². The lowest BCUT2D eigenvalue weighted by molar-refractivity contribution is 0.403. The van der Waals surface area contributed by atoms with Gasteiger partial charge < -0.3 is 29.4 Å². The molecular weight excluding hydrogens is 460 g/mol. The van der Waals surface area contributed by atoms with E-state index in [2.05, 4.69) is 39.2 Å². The summed E-state index contributed by atoms with van der Waals surface area (Å²) in [6, 6.07) is 17.6. The van der Waals surface area contributed by atoms with Crippen LogP contribution in [0, 0.1) is 6.92 Å². The van der Waals surface area contributed by atoms with Crippen LogP contribution in [0.4, 0.5) is 5.69 Å². The number of aromatic nitrogens is 2. The quantitative estimate of drug-likeness (QED) is 0.307. The molecule has 0 saturated carbocycles. The van der Waals surface area contributed by atoms with Crippen LogP contribution >= 0.6 is 12.2 Å². The van der Waals surface area contributed by atoms with Crippen molar-refractivity contribution in [3.63, 3.8) is 0 Å². The van der Waals surface area contributed by atoms with Gasteiger partial charge in [-0.05, 0) is 73.6 Å². The number of benzene rings is 2. The number of hydrogen-bond donors (Lipinski definition) is 2. The minimum absolute atomic E-state index is 0.573. The lowest BCUT2D eigenvalue weighted by Gasteiger charge is -2.26. The van der Waals surface area contributed by atoms with Crippen LogP contribution in [0.1, 0.15) is 17.0 Å². The van der Waals surface area contributed by atoms with Crippen molar-refractivity contribution in [2.45, 2.75) is 19.9 Å². The third-order valence-electron chi connectivity index (χ3n) is 5.97. The lowest BCUT2D eigenvalue weighted by atomic mass is 10.1. The normalized spacial score (nSPS) is 10.7. The van der Waals surface area contributed by atoms with Gasteiger partial charge in [-0.1, -0.05) is 6.07 Å². The number of thiocarbonyl (C=S) groups is 1. The van der Waals surface area contributed by atoms with E-state index in [-0.39, 0.29) is 0 Å². The Bertz CT molecular complexity index is 1310. The molecule has 2 aromatic carbocycles. The summed E-state index contributed by atoms with van der Waals surface area (Å²) in [6.45, 7) is 3.37. The molecule has 0 fully saturated rings. The molecule has 0 bridgehead atoms. The van der Waals surface area contributed by atoms with Crippen LogP contribution in [-0.4, -0.2) is 47.9 Å². The van der Waals surface area contributed by atoms with Gasteiger partial charge in [0.15, 0.2) is 5.11 Å². The fourth-order valence-corrected chi connectivity index (χ4v) is 4.37. The Hall–Kier alpha value is -3.78. The average molecular weight is 491 g/mol. The monoisotopic (exact) mass is 490 g/mol. The van der Waals surface area contributed by atoms with Gasteiger partial charge in [0.05, 0.1) is 39.3 Å². The number of anilines is 1. The number of hydrogen-bond acceptors (Lipinski definition) is 5. The van der Waals surface area contributed by atoms with Crippen molar-refractivity contribution in [2.24, 2.45) is 0 Å². The first kappa shape index (κ1) is 24.3. The molecule has 0 aliphatic rings. The molecule has 2 heterocycles. The predicted molar refractivity (Wildman–Crippen MR) is 144 cm³/mol. The molecule has 182 valence electrons. The second kappa shape index (κ2) is 11.1. The summed E-state index contributed by atoms with van der Waals surface area (Å²) in [6.07, 6.45) is 2.59. The summed E-state index contributed by atoms with van der Waals surface area (Å²) in [5.74, 6) is 2.24. The van der Waals surface area contributed by atoms with E-state index >= 15 is 0 Å². The van der Waals surface area contributed by atoms with Crippen molar-refractivity contribution in [3.8, 4) is 17.2 Å². The fraction of sp³-hybridized carbons (Fsp3) is 0.259. The van der Waals surface area contributed by atoms with E-state index in [9.17, 15) is 0 Å². The number of methoxy groups -OCH3 is 3. The highest BCUT2D eigenvalue weighted by Crippen LogP contribution is 2.30. The molecular formula is C27H30N4O3S. The van der Waals surface area contributed by atoms with Crippen molar-refractivity contribution in [3.05, 3.63) is 77.7 Å². The van der Waals surface area contributed by atoms with Crippen molar-refractivity contribution in [1.82, 2.24) is 14.9 Å². The Morgan fingerprint density at radius 3 is 2.49 bits per heavy atom. The summed E-state index contributed by atoms with van der Waals surface area (Å²) in [5.41, 5.74) is 5.16. The zero-order valence-electron chi connectivity index (χ0n) is 20.4. The SMILES string of the molecule is COc1ccc(OC)c(NC(=S)N(CCc2c(C)[nH]c3ccc(OC)cc23)Cc2ccccn2)c1. The zero-order chi connectivity index (χ0) is 24.8. The smallest absolute Gasteiger partial charge is 0.173 e. The number of pyridine rings is 1. The molecule has 0 aliphatic carbocycles. The van der Waals surface area contributed by atoms with Crippen molar-refractivity contribution >= 4 is 33.9 Å². The van der Waals surface area contributed by atoms with Gasteiger partial charge in [0, 0.05) is 35.4 Å². The summed E-state index contributed by atoms with van der Waals surface area (Å²) >= 11 is 5.87. The number of ether oxygens (including phenoxy) is 3. The van der Waals surface area contributed by atoms with Gasteiger partial charge in [-0.3, -0.25) is 4.98 Å². The molecule has 35 heavy (non-hydrogen) atoms. The van der Waals surface area contributed by atoms with Crippen molar-refractivity contribution in [1.29, 1.82) is 0 Å². The maximum atomic E-state index is 5.87. The van der Waals surface area contributed by atoms with Gasteiger partial charge in [-0.2, -0.15) is 0 Å². The van der Waals surface area contributed by atoms with Crippen LogP contribution in [-0.2, 0) is 13.0 Å². The van der Waals surface area contributed by atoms with E-state index in [0.29, 0.717) is 24.0 Å². The molecule has 0 radical (unpaired) electrons. The lowest BCUT2D eigenvalue weighted by Crippen LogP contribution is -2.36. The van der Waals surface area contributed by atoms with Crippen LogP contribution in [0.5, 0.6) is 17.2 Å². The number of H-pyrrole nitrogens is 1. The summed E-state index contributed by atoms with van der Waals surface area (Å²) in [5, 5.41) is 5.09. The third-order valence-corrected chi connectivity index (χ3v) is 6.33. The molecule has 2 aromatic heterocycles. The van der Waals surface area contributed by atoms with E-state index < -0.39 is 0 Å². The van der Waals surface area contributed by atoms with E-state index in [1.54, 1.807) is 27.5 Å². The highest BCUT2D eigenvalue weighted by Gasteiger charge is 2.17. The summed E-state index contributed by atoms with van der Waals surface area (Å²) in [7, 11) is 4.96. The second-order valence-electron chi connectivity index (χ2n) is 8.13. The highest BCUT2D eigenvalue weighted by atomic mass is 32.1. The van der Waals surface area contributed by atoms with E-state index in [1.165, 1.54) is 5.56 Å². The minimum atomic E-state index is 0.573. The van der Waals surface area contributed by atoms with Crippen molar-refractivity contribution < 1.29 is 14.2 Å². The maximum absolute atomic E-state index is 5.87. The maximum Gasteiger partial charge on any atom is 0.173 e. The molecule has 4 rings (SSSR count). The third kappa shape index (κ3) is 5.66. The van der Waals surface area contributed by atoms with Gasteiger partial charge in [0.25, 0.3) is 0 Å². The van der Waals surface area contributed by atoms with Crippen LogP contribution in [0.15, 0.2) is 60.8 Å². The predicted octanol–water partition coefficient (Wildman–Crippen LogP) is 5.34. The average Bonchev–Trinajstić information content (AvgIpc) is 3.20. The first-order chi connectivity index (χ1) is 17.0. The molecule has 0 atom stereocenters. The zero-order valence-corrected chi connectivity index (χ0v) is 21.2.